The van der Waals surface area contributed by atoms with E-state index in [2.05, 4.69) is 149 Å². The molecule has 5 heteroatoms. The summed E-state index contributed by atoms with van der Waals surface area (Å²) in [5.74, 6) is 1.74. The van der Waals surface area contributed by atoms with Crippen molar-refractivity contribution < 1.29 is 14.0 Å². The van der Waals surface area contributed by atoms with Crippen LogP contribution in [-0.2, 0) is 14.7 Å². The largest absolute Gasteiger partial charge is 0.494 e. The Labute approximate surface area is 282 Å². The lowest BCUT2D eigenvalue weighted by molar-refractivity contribution is 0.00578. The van der Waals surface area contributed by atoms with Crippen molar-refractivity contribution in [3.63, 3.8) is 0 Å². The lowest BCUT2D eigenvalue weighted by Gasteiger charge is -2.39. The Morgan fingerprint density at radius 1 is 0.500 bits per heavy atom. The molecular weight excluding hydrogens is 589 g/mol. The topological polar surface area (TPSA) is 53.7 Å². The predicted octanol–water partition coefficient (Wildman–Crippen LogP) is 9.37. The number of benzene rings is 6. The molecule has 234 valence electrons. The fourth-order valence-electron chi connectivity index (χ4n) is 7.85. The van der Waals surface area contributed by atoms with Crippen molar-refractivity contribution in [2.75, 3.05) is 5.73 Å². The van der Waals surface area contributed by atoms with Crippen LogP contribution in [0.15, 0.2) is 133 Å². The van der Waals surface area contributed by atoms with Gasteiger partial charge in [0, 0.05) is 16.8 Å². The first-order valence-electron chi connectivity index (χ1n) is 16.6. The molecule has 1 saturated heterocycles. The van der Waals surface area contributed by atoms with Gasteiger partial charge in [-0.25, -0.2) is 0 Å². The smallest absolute Gasteiger partial charge is 0.457 e. The van der Waals surface area contributed by atoms with Gasteiger partial charge in [0.05, 0.1) is 16.6 Å². The van der Waals surface area contributed by atoms with Gasteiger partial charge in [0.25, 0.3) is 0 Å². The molecule has 0 amide bonds. The second kappa shape index (κ2) is 10.2. The highest BCUT2D eigenvalue weighted by atomic mass is 16.7. The number of ether oxygens (including phenoxy) is 1. The minimum absolute atomic E-state index is 0.444. The molecule has 2 N–H and O–H groups in total. The number of nitrogen functional groups attached to an aromatic ring is 1. The van der Waals surface area contributed by atoms with Crippen LogP contribution in [0.2, 0.25) is 0 Å². The maximum Gasteiger partial charge on any atom is 0.494 e. The molecule has 0 radical (unpaired) electrons. The molecule has 3 aliphatic rings. The third-order valence-corrected chi connectivity index (χ3v) is 11.0. The summed E-state index contributed by atoms with van der Waals surface area (Å²) in [6, 6.07) is 47.4. The third-order valence-electron chi connectivity index (χ3n) is 11.0. The van der Waals surface area contributed by atoms with E-state index >= 15 is 0 Å². The first-order valence-corrected chi connectivity index (χ1v) is 16.6. The van der Waals surface area contributed by atoms with Gasteiger partial charge >= 0.3 is 7.12 Å². The summed E-state index contributed by atoms with van der Waals surface area (Å²) < 4.78 is 19.8. The summed E-state index contributed by atoms with van der Waals surface area (Å²) >= 11 is 0. The normalized spacial score (nSPS) is 17.3. The van der Waals surface area contributed by atoms with Crippen molar-refractivity contribution in [3.05, 3.63) is 156 Å². The molecule has 48 heavy (non-hydrogen) atoms. The molecular formula is C43H36BNO3. The summed E-state index contributed by atoms with van der Waals surface area (Å²) in [4.78, 5) is 0. The van der Waals surface area contributed by atoms with Crippen molar-refractivity contribution in [1.29, 1.82) is 0 Å². The van der Waals surface area contributed by atoms with Crippen molar-refractivity contribution in [2.24, 2.45) is 0 Å². The zero-order chi connectivity index (χ0) is 32.8. The summed E-state index contributed by atoms with van der Waals surface area (Å²) in [5.41, 5.74) is 18.1. The first kappa shape index (κ1) is 29.1. The number of fused-ring (bicyclic) bond motifs is 9. The molecule has 6 aromatic carbocycles. The fourth-order valence-corrected chi connectivity index (χ4v) is 7.85. The van der Waals surface area contributed by atoms with Crippen molar-refractivity contribution in [1.82, 2.24) is 0 Å². The summed E-state index contributed by atoms with van der Waals surface area (Å²) in [7, 11) is -0.480. The number of nitrogens with two attached hydrogens (primary N) is 1. The quantitative estimate of drug-likeness (QED) is 0.157. The number of rotatable bonds is 3. The highest BCUT2D eigenvalue weighted by molar-refractivity contribution is 6.62. The molecule has 6 aromatic rings. The second-order valence-electron chi connectivity index (χ2n) is 14.2. The molecule has 0 unspecified atom stereocenters. The predicted molar refractivity (Wildman–Crippen MR) is 195 cm³/mol. The average molecular weight is 626 g/mol. The Morgan fingerprint density at radius 2 is 1.04 bits per heavy atom. The summed E-state index contributed by atoms with van der Waals surface area (Å²) in [5, 5.41) is 0. The van der Waals surface area contributed by atoms with Crippen LogP contribution in [0.1, 0.15) is 49.9 Å². The van der Waals surface area contributed by atoms with Crippen molar-refractivity contribution in [2.45, 2.75) is 44.3 Å². The maximum atomic E-state index is 6.60. The van der Waals surface area contributed by atoms with E-state index in [4.69, 9.17) is 19.8 Å². The van der Waals surface area contributed by atoms with Crippen LogP contribution in [0.4, 0.5) is 5.69 Å². The molecule has 1 fully saturated rings. The van der Waals surface area contributed by atoms with E-state index in [0.717, 1.165) is 50.5 Å². The number of hydrogen-bond acceptors (Lipinski definition) is 4. The molecule has 0 aromatic heterocycles. The van der Waals surface area contributed by atoms with Crippen LogP contribution >= 0.6 is 0 Å². The van der Waals surface area contributed by atoms with Crippen molar-refractivity contribution in [3.8, 4) is 44.9 Å². The van der Waals surface area contributed by atoms with Crippen LogP contribution in [0.3, 0.4) is 0 Å². The standard InChI is InChI=1S/C43H36BNO3/c1-41(2)42(3,4)48-44(47-41)30-22-25-33-37(26-30)43(34-11-5-7-14-38(34)46-39-15-8-6-12-35(39)43)36-13-9-10-32(40(33)36)29-18-16-27(17-19-29)28-20-23-31(45)24-21-28/h5-26H,45H2,1-4H3. The van der Waals surface area contributed by atoms with Gasteiger partial charge in [0.1, 0.15) is 11.5 Å². The van der Waals surface area contributed by atoms with Crippen LogP contribution in [0.5, 0.6) is 11.5 Å². The van der Waals surface area contributed by atoms with E-state index in [-0.39, 0.29) is 0 Å². The molecule has 2 aliphatic heterocycles. The van der Waals surface area contributed by atoms with Gasteiger partial charge in [-0.15, -0.1) is 0 Å². The number of hydrogen-bond donors (Lipinski definition) is 1. The van der Waals surface area contributed by atoms with E-state index in [0.29, 0.717) is 0 Å². The highest BCUT2D eigenvalue weighted by Crippen LogP contribution is 2.63. The summed E-state index contributed by atoms with van der Waals surface area (Å²) in [6.07, 6.45) is 0. The van der Waals surface area contributed by atoms with E-state index < -0.39 is 23.7 Å². The van der Waals surface area contributed by atoms with E-state index in [1.165, 1.54) is 27.8 Å². The monoisotopic (exact) mass is 625 g/mol. The van der Waals surface area contributed by atoms with Crippen LogP contribution in [0.25, 0.3) is 33.4 Å². The first-order chi connectivity index (χ1) is 23.2. The third kappa shape index (κ3) is 4.04. The molecule has 9 rings (SSSR count). The van der Waals surface area contributed by atoms with Crippen LogP contribution in [0, 0.1) is 0 Å². The second-order valence-corrected chi connectivity index (χ2v) is 14.2. The molecule has 0 atom stereocenters. The van der Waals surface area contributed by atoms with Crippen LogP contribution < -0.4 is 15.9 Å². The Bertz CT molecular complexity index is 2180. The van der Waals surface area contributed by atoms with Crippen molar-refractivity contribution >= 4 is 18.3 Å². The fraction of sp³-hybridized carbons (Fsp3) is 0.163. The minimum atomic E-state index is -0.602. The molecule has 4 nitrogen and oxygen atoms in total. The lowest BCUT2D eigenvalue weighted by Crippen LogP contribution is -2.41. The SMILES string of the molecule is CC1(C)OB(c2ccc3c(c2)C2(c4ccccc4Oc4ccccc42)c2cccc(-c4ccc(-c5ccc(N)cc5)cc4)c2-3)OC1(C)C. The molecule has 1 aliphatic carbocycles. The van der Waals surface area contributed by atoms with Crippen LogP contribution in [-0.4, -0.2) is 18.3 Å². The Morgan fingerprint density at radius 3 is 1.67 bits per heavy atom. The summed E-state index contributed by atoms with van der Waals surface area (Å²) in [6.45, 7) is 8.42. The molecule has 1 spiro atoms. The van der Waals surface area contributed by atoms with E-state index in [1.54, 1.807) is 0 Å². The molecule has 0 saturated carbocycles. The van der Waals surface area contributed by atoms with E-state index in [9.17, 15) is 0 Å². The van der Waals surface area contributed by atoms with Gasteiger partial charge in [-0.2, -0.15) is 0 Å². The maximum absolute atomic E-state index is 6.60. The molecule has 0 bridgehead atoms. The van der Waals surface area contributed by atoms with Gasteiger partial charge in [-0.1, -0.05) is 109 Å². The average Bonchev–Trinajstić information content (AvgIpc) is 3.51. The van der Waals surface area contributed by atoms with Gasteiger partial charge in [-0.3, -0.25) is 0 Å². The van der Waals surface area contributed by atoms with E-state index in [1.807, 2.05) is 12.1 Å². The lowest BCUT2D eigenvalue weighted by atomic mass is 9.64. The Hall–Kier alpha value is -5.10. The van der Waals surface area contributed by atoms with Gasteiger partial charge in [0.2, 0.25) is 0 Å². The van der Waals surface area contributed by atoms with Gasteiger partial charge in [0.15, 0.2) is 0 Å². The van der Waals surface area contributed by atoms with Gasteiger partial charge < -0.3 is 19.8 Å². The zero-order valence-corrected chi connectivity index (χ0v) is 27.6. The molecule has 2 heterocycles. The Balaban J connectivity index is 1.29. The zero-order valence-electron chi connectivity index (χ0n) is 27.6. The number of para-hydroxylation sites is 2. The highest BCUT2D eigenvalue weighted by Gasteiger charge is 2.54. The van der Waals surface area contributed by atoms with Gasteiger partial charge in [-0.05, 0) is 102 Å². The minimum Gasteiger partial charge on any atom is -0.457 e. The Kier molecular flexibility index (Phi) is 6.18. The number of anilines is 1.